The summed E-state index contributed by atoms with van der Waals surface area (Å²) >= 11 is 0. The van der Waals surface area contributed by atoms with Crippen molar-refractivity contribution in [3.8, 4) is 0 Å². The van der Waals surface area contributed by atoms with Crippen molar-refractivity contribution in [3.05, 3.63) is 29.6 Å². The van der Waals surface area contributed by atoms with Gasteiger partial charge in [-0.25, -0.2) is 4.79 Å². The van der Waals surface area contributed by atoms with Crippen LogP contribution >= 0.6 is 0 Å². The summed E-state index contributed by atoms with van der Waals surface area (Å²) in [4.78, 5) is 13.9. The van der Waals surface area contributed by atoms with Crippen molar-refractivity contribution >= 4 is 5.97 Å². The smallest absolute Gasteiger partial charge is 0.335 e. The Hall–Kier alpha value is -1.52. The summed E-state index contributed by atoms with van der Waals surface area (Å²) < 4.78 is 26.1. The molecule has 0 aliphatic rings. The van der Waals surface area contributed by atoms with Gasteiger partial charge in [-0.05, 0) is 12.1 Å². The first-order chi connectivity index (χ1) is 6.47. The van der Waals surface area contributed by atoms with Crippen molar-refractivity contribution in [2.75, 3.05) is 0 Å². The lowest BCUT2D eigenvalue weighted by Gasteiger charge is -2.12. The van der Waals surface area contributed by atoms with Gasteiger partial charge in [-0.15, -0.1) is 0 Å². The zero-order valence-electron chi connectivity index (χ0n) is 7.50. The normalized spacial score (nSPS) is 11.4. The van der Waals surface area contributed by atoms with Crippen LogP contribution in [0.2, 0.25) is 0 Å². The Morgan fingerprint density at radius 1 is 1.64 bits per heavy atom. The number of alkyl halides is 2. The van der Waals surface area contributed by atoms with Gasteiger partial charge < -0.3 is 5.11 Å². The standard InChI is InChI=1S/C9H9F2NO2/c1-2-9(10,11)7-5-6(8(13)14)3-4-12-7/h3-5H,2H2,1H3,(H,13,14). The molecule has 0 aliphatic carbocycles. The van der Waals surface area contributed by atoms with Crippen LogP contribution in [0.5, 0.6) is 0 Å². The molecule has 3 nitrogen and oxygen atoms in total. The Balaban J connectivity index is 3.12. The molecule has 14 heavy (non-hydrogen) atoms. The van der Waals surface area contributed by atoms with E-state index >= 15 is 0 Å². The number of pyridine rings is 1. The van der Waals surface area contributed by atoms with Crippen molar-refractivity contribution < 1.29 is 18.7 Å². The molecule has 0 atom stereocenters. The summed E-state index contributed by atoms with van der Waals surface area (Å²) in [5, 5.41) is 8.58. The SMILES string of the molecule is CCC(F)(F)c1cc(C(=O)O)ccn1. The molecule has 0 bridgehead atoms. The molecule has 0 amide bonds. The zero-order chi connectivity index (χ0) is 10.8. The van der Waals surface area contributed by atoms with Crippen LogP contribution in [0, 0.1) is 0 Å². The van der Waals surface area contributed by atoms with E-state index in [-0.39, 0.29) is 5.56 Å². The Bertz CT molecular complexity index is 352. The molecule has 1 rings (SSSR count). The Kier molecular flexibility index (Phi) is 2.78. The monoisotopic (exact) mass is 201 g/mol. The number of hydrogen-bond acceptors (Lipinski definition) is 2. The van der Waals surface area contributed by atoms with E-state index in [1.54, 1.807) is 0 Å². The summed E-state index contributed by atoms with van der Waals surface area (Å²) in [6.07, 6.45) is 0.672. The number of carboxylic acid groups (broad SMARTS) is 1. The molecule has 0 unspecified atom stereocenters. The number of hydrogen-bond donors (Lipinski definition) is 1. The highest BCUT2D eigenvalue weighted by atomic mass is 19.3. The maximum Gasteiger partial charge on any atom is 0.335 e. The molecule has 1 N–H and O–H groups in total. The minimum Gasteiger partial charge on any atom is -0.478 e. The minimum absolute atomic E-state index is 0.178. The van der Waals surface area contributed by atoms with E-state index in [1.165, 1.54) is 13.0 Å². The second kappa shape index (κ2) is 3.69. The van der Waals surface area contributed by atoms with E-state index in [0.717, 1.165) is 12.3 Å². The number of carbonyl (C=O) groups is 1. The van der Waals surface area contributed by atoms with E-state index in [4.69, 9.17) is 5.11 Å². The molecule has 1 heterocycles. The minimum atomic E-state index is -3.06. The van der Waals surface area contributed by atoms with Crippen molar-refractivity contribution in [2.24, 2.45) is 0 Å². The van der Waals surface area contributed by atoms with E-state index in [0.29, 0.717) is 0 Å². The molecular weight excluding hydrogens is 192 g/mol. The van der Waals surface area contributed by atoms with Crippen LogP contribution in [-0.2, 0) is 5.92 Å². The average Bonchev–Trinajstić information content (AvgIpc) is 2.18. The summed E-state index contributed by atoms with van der Waals surface area (Å²) in [7, 11) is 0. The Morgan fingerprint density at radius 3 is 2.79 bits per heavy atom. The lowest BCUT2D eigenvalue weighted by molar-refractivity contribution is -0.0128. The lowest BCUT2D eigenvalue weighted by Crippen LogP contribution is -2.14. The first-order valence-corrected chi connectivity index (χ1v) is 4.05. The van der Waals surface area contributed by atoms with Crippen LogP contribution in [0.25, 0.3) is 0 Å². The van der Waals surface area contributed by atoms with Gasteiger partial charge in [0, 0.05) is 12.6 Å². The summed E-state index contributed by atoms with van der Waals surface area (Å²) in [5.41, 5.74) is -0.678. The van der Waals surface area contributed by atoms with E-state index in [2.05, 4.69) is 4.98 Å². The lowest BCUT2D eigenvalue weighted by atomic mass is 10.1. The van der Waals surface area contributed by atoms with Gasteiger partial charge in [-0.3, -0.25) is 4.98 Å². The molecule has 1 aromatic heterocycles. The second-order valence-electron chi connectivity index (χ2n) is 2.79. The van der Waals surface area contributed by atoms with Crippen LogP contribution in [0.4, 0.5) is 8.78 Å². The molecule has 0 radical (unpaired) electrons. The van der Waals surface area contributed by atoms with Crippen LogP contribution < -0.4 is 0 Å². The van der Waals surface area contributed by atoms with Gasteiger partial charge in [-0.1, -0.05) is 6.92 Å². The van der Waals surface area contributed by atoms with Gasteiger partial charge >= 0.3 is 5.97 Å². The van der Waals surface area contributed by atoms with Gasteiger partial charge in [0.05, 0.1) is 5.56 Å². The Morgan fingerprint density at radius 2 is 2.29 bits per heavy atom. The zero-order valence-corrected chi connectivity index (χ0v) is 7.50. The largest absolute Gasteiger partial charge is 0.478 e. The summed E-state index contributed by atoms with van der Waals surface area (Å²) in [5.74, 6) is -4.30. The molecule has 5 heteroatoms. The van der Waals surface area contributed by atoms with Gasteiger partial charge in [0.2, 0.25) is 0 Å². The van der Waals surface area contributed by atoms with Crippen LogP contribution in [0.3, 0.4) is 0 Å². The average molecular weight is 201 g/mol. The van der Waals surface area contributed by atoms with Crippen molar-refractivity contribution in [3.63, 3.8) is 0 Å². The highest BCUT2D eigenvalue weighted by molar-refractivity contribution is 5.87. The van der Waals surface area contributed by atoms with Gasteiger partial charge in [0.15, 0.2) is 0 Å². The fourth-order valence-corrected chi connectivity index (χ4v) is 0.945. The third-order valence-electron chi connectivity index (χ3n) is 1.83. The number of aromatic nitrogens is 1. The predicted molar refractivity (Wildman–Crippen MR) is 45.4 cm³/mol. The molecule has 0 saturated heterocycles. The maximum absolute atomic E-state index is 13.1. The third-order valence-corrected chi connectivity index (χ3v) is 1.83. The quantitative estimate of drug-likeness (QED) is 0.816. The Labute approximate surface area is 79.4 Å². The van der Waals surface area contributed by atoms with E-state index in [1.807, 2.05) is 0 Å². The number of rotatable bonds is 3. The number of nitrogens with zero attached hydrogens (tertiary/aromatic N) is 1. The highest BCUT2D eigenvalue weighted by Crippen LogP contribution is 2.29. The van der Waals surface area contributed by atoms with Gasteiger partial charge in [-0.2, -0.15) is 8.78 Å². The first kappa shape index (κ1) is 10.6. The van der Waals surface area contributed by atoms with Crippen molar-refractivity contribution in [2.45, 2.75) is 19.3 Å². The maximum atomic E-state index is 13.1. The fourth-order valence-electron chi connectivity index (χ4n) is 0.945. The topological polar surface area (TPSA) is 50.2 Å². The van der Waals surface area contributed by atoms with Gasteiger partial charge in [0.25, 0.3) is 5.92 Å². The molecule has 76 valence electrons. The molecule has 1 aromatic rings. The van der Waals surface area contributed by atoms with Crippen LogP contribution in [0.15, 0.2) is 18.3 Å². The summed E-state index contributed by atoms with van der Waals surface area (Å²) in [6.45, 7) is 1.31. The summed E-state index contributed by atoms with van der Waals surface area (Å²) in [6, 6.07) is 2.07. The first-order valence-electron chi connectivity index (χ1n) is 4.05. The third kappa shape index (κ3) is 2.04. The van der Waals surface area contributed by atoms with Gasteiger partial charge in [0.1, 0.15) is 5.69 Å². The van der Waals surface area contributed by atoms with Crippen molar-refractivity contribution in [1.29, 1.82) is 0 Å². The van der Waals surface area contributed by atoms with Crippen LogP contribution in [0.1, 0.15) is 29.4 Å². The predicted octanol–water partition coefficient (Wildman–Crippen LogP) is 2.28. The second-order valence-corrected chi connectivity index (χ2v) is 2.79. The fraction of sp³-hybridized carbons (Fsp3) is 0.333. The highest BCUT2D eigenvalue weighted by Gasteiger charge is 2.31. The number of halogens is 2. The molecule has 0 spiro atoms. The molecule has 0 aromatic carbocycles. The molecule has 0 fully saturated rings. The number of carboxylic acids is 1. The molecule has 0 aliphatic heterocycles. The van der Waals surface area contributed by atoms with Crippen LogP contribution in [-0.4, -0.2) is 16.1 Å². The number of aromatic carboxylic acids is 1. The molecule has 0 saturated carbocycles. The van der Waals surface area contributed by atoms with Crippen molar-refractivity contribution in [1.82, 2.24) is 4.98 Å². The van der Waals surface area contributed by atoms with E-state index in [9.17, 15) is 13.6 Å². The molecular formula is C9H9F2NO2. The van der Waals surface area contributed by atoms with E-state index < -0.39 is 24.0 Å².